The highest BCUT2D eigenvalue weighted by molar-refractivity contribution is 5.58. The first kappa shape index (κ1) is 18.3. The molecule has 3 fully saturated rings. The molecule has 150 valence electrons. The van der Waals surface area contributed by atoms with Gasteiger partial charge in [-0.1, -0.05) is 0 Å². The molecule has 2 atom stereocenters. The third kappa shape index (κ3) is 3.51. The van der Waals surface area contributed by atoms with Crippen LogP contribution in [0.1, 0.15) is 12.0 Å². The van der Waals surface area contributed by atoms with E-state index in [4.69, 9.17) is 5.26 Å². The molecule has 0 aliphatic carbocycles. The smallest absolute Gasteiger partial charge is 0.128 e. The maximum Gasteiger partial charge on any atom is 0.128 e. The van der Waals surface area contributed by atoms with Crippen LogP contribution < -0.4 is 14.7 Å². The van der Waals surface area contributed by atoms with Gasteiger partial charge in [-0.3, -0.25) is 0 Å². The van der Waals surface area contributed by atoms with Crippen molar-refractivity contribution in [3.63, 3.8) is 0 Å². The van der Waals surface area contributed by atoms with E-state index in [1.54, 1.807) is 6.20 Å². The van der Waals surface area contributed by atoms with Gasteiger partial charge >= 0.3 is 0 Å². The van der Waals surface area contributed by atoms with Gasteiger partial charge in [-0.25, -0.2) is 4.98 Å². The number of likely N-dealkylation sites (tertiary alicyclic amines) is 1. The van der Waals surface area contributed by atoms with E-state index < -0.39 is 0 Å². The lowest BCUT2D eigenvalue weighted by molar-refractivity contribution is 0.386. The van der Waals surface area contributed by atoms with Gasteiger partial charge in [-0.05, 0) is 55.8 Å². The second kappa shape index (κ2) is 7.57. The highest BCUT2D eigenvalue weighted by Crippen LogP contribution is 2.35. The first-order valence-corrected chi connectivity index (χ1v) is 10.6. The van der Waals surface area contributed by atoms with Gasteiger partial charge in [0.15, 0.2) is 0 Å². The fourth-order valence-corrected chi connectivity index (χ4v) is 5.18. The predicted molar refractivity (Wildman–Crippen MR) is 117 cm³/mol. The second-order valence-electron chi connectivity index (χ2n) is 8.54. The number of nitriles is 1. The number of likely N-dealkylation sites (N-methyl/N-ethyl adjacent to an activating group) is 1. The number of aromatic nitrogens is 1. The molecule has 0 amide bonds. The Kier molecular flexibility index (Phi) is 4.76. The molecule has 0 bridgehead atoms. The van der Waals surface area contributed by atoms with Crippen LogP contribution in [0.25, 0.3) is 0 Å². The SMILES string of the molecule is CN1CC2CCN(c3ccc(N4CCN(c5ccc(C#N)cn5)CC4)cc3)C2C1. The van der Waals surface area contributed by atoms with Gasteiger partial charge in [0, 0.05) is 69.4 Å². The molecule has 3 aliphatic heterocycles. The summed E-state index contributed by atoms with van der Waals surface area (Å²) in [6.45, 7) is 7.50. The van der Waals surface area contributed by atoms with E-state index in [1.807, 2.05) is 12.1 Å². The van der Waals surface area contributed by atoms with E-state index in [0.29, 0.717) is 11.6 Å². The molecule has 6 nitrogen and oxygen atoms in total. The minimum atomic E-state index is 0.612. The normalized spacial score (nSPS) is 24.6. The minimum absolute atomic E-state index is 0.612. The first-order valence-electron chi connectivity index (χ1n) is 10.6. The fraction of sp³-hybridized carbons (Fsp3) is 0.478. The number of nitrogens with zero attached hydrogens (tertiary/aromatic N) is 6. The van der Waals surface area contributed by atoms with E-state index >= 15 is 0 Å². The monoisotopic (exact) mass is 388 g/mol. The predicted octanol–water partition coefficient (Wildman–Crippen LogP) is 2.42. The summed E-state index contributed by atoms with van der Waals surface area (Å²) in [5.41, 5.74) is 3.29. The number of anilines is 3. The number of benzene rings is 1. The number of pyridine rings is 1. The summed E-state index contributed by atoms with van der Waals surface area (Å²) >= 11 is 0. The lowest BCUT2D eigenvalue weighted by atomic mass is 10.0. The lowest BCUT2D eigenvalue weighted by Gasteiger charge is -2.37. The molecule has 3 aliphatic rings. The van der Waals surface area contributed by atoms with Gasteiger partial charge in [0.2, 0.25) is 0 Å². The van der Waals surface area contributed by atoms with Gasteiger partial charge in [-0.2, -0.15) is 5.26 Å². The topological polar surface area (TPSA) is 49.6 Å². The Balaban J connectivity index is 1.21. The van der Waals surface area contributed by atoms with E-state index in [2.05, 4.69) is 62.0 Å². The number of hydrogen-bond donors (Lipinski definition) is 0. The third-order valence-electron chi connectivity index (χ3n) is 6.76. The Hall–Kier alpha value is -2.78. The summed E-state index contributed by atoms with van der Waals surface area (Å²) < 4.78 is 0. The van der Waals surface area contributed by atoms with Crippen molar-refractivity contribution in [2.45, 2.75) is 12.5 Å². The van der Waals surface area contributed by atoms with Crippen LogP contribution in [-0.4, -0.2) is 68.8 Å². The van der Waals surface area contributed by atoms with Gasteiger partial charge < -0.3 is 19.6 Å². The molecule has 29 heavy (non-hydrogen) atoms. The molecule has 0 spiro atoms. The highest BCUT2D eigenvalue weighted by atomic mass is 15.3. The summed E-state index contributed by atoms with van der Waals surface area (Å²) in [5.74, 6) is 1.80. The van der Waals surface area contributed by atoms with Crippen molar-refractivity contribution in [1.82, 2.24) is 9.88 Å². The maximum absolute atomic E-state index is 8.93. The van der Waals surface area contributed by atoms with Crippen LogP contribution in [0, 0.1) is 17.2 Å². The summed E-state index contributed by atoms with van der Waals surface area (Å²) in [6, 6.07) is 15.8. The van der Waals surface area contributed by atoms with Crippen LogP contribution in [0.5, 0.6) is 0 Å². The Labute approximate surface area is 173 Å². The van der Waals surface area contributed by atoms with Crippen molar-refractivity contribution in [3.8, 4) is 6.07 Å². The zero-order chi connectivity index (χ0) is 19.8. The van der Waals surface area contributed by atoms with Crippen molar-refractivity contribution < 1.29 is 0 Å². The van der Waals surface area contributed by atoms with Crippen LogP contribution in [0.4, 0.5) is 17.2 Å². The first-order chi connectivity index (χ1) is 14.2. The van der Waals surface area contributed by atoms with Crippen molar-refractivity contribution in [2.75, 3.05) is 67.6 Å². The Morgan fingerprint density at radius 2 is 1.62 bits per heavy atom. The van der Waals surface area contributed by atoms with Crippen LogP contribution in [0.15, 0.2) is 42.6 Å². The number of rotatable bonds is 3. The Bertz CT molecular complexity index is 879. The quantitative estimate of drug-likeness (QED) is 0.805. The fourth-order valence-electron chi connectivity index (χ4n) is 5.18. The minimum Gasteiger partial charge on any atom is -0.368 e. The van der Waals surface area contributed by atoms with Gasteiger partial charge in [0.1, 0.15) is 11.9 Å². The summed E-state index contributed by atoms with van der Waals surface area (Å²) in [4.78, 5) is 14.3. The molecular weight excluding hydrogens is 360 g/mol. The van der Waals surface area contributed by atoms with E-state index in [0.717, 1.165) is 37.9 Å². The number of fused-ring (bicyclic) bond motifs is 1. The molecule has 4 heterocycles. The van der Waals surface area contributed by atoms with Crippen molar-refractivity contribution >= 4 is 17.2 Å². The lowest BCUT2D eigenvalue weighted by Crippen LogP contribution is -2.46. The van der Waals surface area contributed by atoms with Crippen molar-refractivity contribution in [3.05, 3.63) is 48.2 Å². The van der Waals surface area contributed by atoms with E-state index in [9.17, 15) is 0 Å². The van der Waals surface area contributed by atoms with Crippen molar-refractivity contribution in [1.29, 1.82) is 5.26 Å². The summed E-state index contributed by atoms with van der Waals surface area (Å²) in [7, 11) is 2.24. The standard InChI is InChI=1S/C23H28N6/c1-26-16-19-8-9-29(22(19)17-26)21-5-3-20(4-6-21)27-10-12-28(13-11-27)23-7-2-18(14-24)15-25-23/h2-7,15,19,22H,8-13,16-17H2,1H3. The highest BCUT2D eigenvalue weighted by Gasteiger charge is 2.39. The van der Waals surface area contributed by atoms with Gasteiger partial charge in [-0.15, -0.1) is 0 Å². The summed E-state index contributed by atoms with van der Waals surface area (Å²) in [5, 5.41) is 8.93. The Morgan fingerprint density at radius 3 is 2.31 bits per heavy atom. The second-order valence-corrected chi connectivity index (χ2v) is 8.54. The average Bonchev–Trinajstić information content (AvgIpc) is 3.33. The molecule has 6 heteroatoms. The van der Waals surface area contributed by atoms with Crippen LogP contribution >= 0.6 is 0 Å². The zero-order valence-corrected chi connectivity index (χ0v) is 17.0. The van der Waals surface area contributed by atoms with Crippen molar-refractivity contribution in [2.24, 2.45) is 5.92 Å². The van der Waals surface area contributed by atoms with Crippen LogP contribution in [0.3, 0.4) is 0 Å². The van der Waals surface area contributed by atoms with Gasteiger partial charge in [0.05, 0.1) is 5.56 Å². The van der Waals surface area contributed by atoms with E-state index in [1.165, 1.54) is 37.4 Å². The summed E-state index contributed by atoms with van der Waals surface area (Å²) in [6.07, 6.45) is 2.98. The number of hydrogen-bond acceptors (Lipinski definition) is 6. The maximum atomic E-state index is 8.93. The Morgan fingerprint density at radius 1 is 0.897 bits per heavy atom. The number of piperazine rings is 1. The molecule has 5 rings (SSSR count). The molecule has 1 aromatic carbocycles. The van der Waals surface area contributed by atoms with Gasteiger partial charge in [0.25, 0.3) is 0 Å². The van der Waals surface area contributed by atoms with Crippen LogP contribution in [-0.2, 0) is 0 Å². The molecule has 2 unspecified atom stereocenters. The molecular formula is C23H28N6. The average molecular weight is 389 g/mol. The molecule has 1 aromatic heterocycles. The third-order valence-corrected chi connectivity index (χ3v) is 6.76. The molecule has 0 saturated carbocycles. The van der Waals surface area contributed by atoms with E-state index in [-0.39, 0.29) is 0 Å². The molecule has 0 radical (unpaired) electrons. The van der Waals surface area contributed by atoms with Crippen LogP contribution in [0.2, 0.25) is 0 Å². The molecule has 2 aromatic rings. The largest absolute Gasteiger partial charge is 0.368 e. The molecule has 0 N–H and O–H groups in total. The molecule has 3 saturated heterocycles. The zero-order valence-electron chi connectivity index (χ0n) is 17.0.